The van der Waals surface area contributed by atoms with E-state index in [2.05, 4.69) is 37.7 Å². The van der Waals surface area contributed by atoms with E-state index in [4.69, 9.17) is 18.6 Å². The number of benzene rings is 1. The first kappa shape index (κ1) is 19.0. The Morgan fingerprint density at radius 1 is 0.704 bits per heavy atom. The minimum Gasteiger partial charge on any atom is -0.399 e. The molecule has 4 rings (SSSR count). The normalized spacial score (nSPS) is 25.5. The third kappa shape index (κ3) is 2.77. The van der Waals surface area contributed by atoms with Gasteiger partial charge in [-0.3, -0.25) is 0 Å². The van der Waals surface area contributed by atoms with Crippen LogP contribution in [-0.4, -0.2) is 46.6 Å². The van der Waals surface area contributed by atoms with Gasteiger partial charge in [-0.05, 0) is 55.4 Å². The summed E-state index contributed by atoms with van der Waals surface area (Å²) >= 11 is 0. The first-order valence-electron chi connectivity index (χ1n) is 9.52. The number of nitrogens with one attached hydrogen (secondary N) is 1. The minimum atomic E-state index is -0.465. The molecule has 3 heterocycles. The Bertz CT molecular complexity index is 789. The van der Waals surface area contributed by atoms with Gasteiger partial charge in [-0.2, -0.15) is 0 Å². The van der Waals surface area contributed by atoms with Crippen molar-refractivity contribution in [1.82, 2.24) is 9.97 Å². The highest BCUT2D eigenvalue weighted by molar-refractivity contribution is 6.68. The molecule has 2 aliphatic heterocycles. The van der Waals surface area contributed by atoms with E-state index >= 15 is 0 Å². The Kier molecular flexibility index (Phi) is 3.94. The van der Waals surface area contributed by atoms with Crippen molar-refractivity contribution in [1.29, 1.82) is 0 Å². The summed E-state index contributed by atoms with van der Waals surface area (Å²) in [6, 6.07) is 4.02. The Morgan fingerprint density at radius 3 is 1.59 bits per heavy atom. The van der Waals surface area contributed by atoms with Crippen molar-refractivity contribution < 1.29 is 18.6 Å². The maximum absolute atomic E-state index is 6.23. The molecule has 6 nitrogen and oxygen atoms in total. The highest BCUT2D eigenvalue weighted by Gasteiger charge is 2.54. The number of hydrogen-bond donors (Lipinski definition) is 1. The van der Waals surface area contributed by atoms with Gasteiger partial charge in [0.25, 0.3) is 0 Å². The molecule has 1 N–H and O–H groups in total. The van der Waals surface area contributed by atoms with E-state index in [0.29, 0.717) is 0 Å². The summed E-state index contributed by atoms with van der Waals surface area (Å²) < 4.78 is 24.9. The zero-order chi connectivity index (χ0) is 19.8. The van der Waals surface area contributed by atoms with Crippen LogP contribution in [0.1, 0.15) is 55.4 Å². The van der Waals surface area contributed by atoms with Crippen LogP contribution in [0.25, 0.3) is 11.0 Å². The topological polar surface area (TPSA) is 65.6 Å². The zero-order valence-electron chi connectivity index (χ0n) is 17.5. The van der Waals surface area contributed by atoms with Gasteiger partial charge in [0.15, 0.2) is 0 Å². The van der Waals surface area contributed by atoms with Crippen LogP contribution in [0.15, 0.2) is 18.5 Å². The van der Waals surface area contributed by atoms with E-state index in [-0.39, 0.29) is 0 Å². The molecular formula is C19H28B2N2O4. The van der Waals surface area contributed by atoms with Crippen LogP contribution in [0.4, 0.5) is 0 Å². The Morgan fingerprint density at radius 2 is 1.11 bits per heavy atom. The molecule has 2 fully saturated rings. The molecule has 0 spiro atoms. The van der Waals surface area contributed by atoms with Gasteiger partial charge in [0.1, 0.15) is 0 Å². The van der Waals surface area contributed by atoms with Gasteiger partial charge in [0.2, 0.25) is 0 Å². The van der Waals surface area contributed by atoms with E-state index in [1.807, 2.05) is 39.8 Å². The third-order valence-electron chi connectivity index (χ3n) is 6.66. The molecule has 0 atom stereocenters. The Hall–Kier alpha value is -1.34. The second-order valence-electron chi connectivity index (χ2n) is 9.55. The monoisotopic (exact) mass is 370 g/mol. The lowest BCUT2D eigenvalue weighted by Crippen LogP contribution is -2.41. The number of aromatic amines is 1. The van der Waals surface area contributed by atoms with E-state index in [1.54, 1.807) is 6.33 Å². The fraction of sp³-hybridized carbons (Fsp3) is 0.632. The number of fused-ring (bicyclic) bond motifs is 1. The lowest BCUT2D eigenvalue weighted by atomic mass is 9.72. The quantitative estimate of drug-likeness (QED) is 0.821. The lowest BCUT2D eigenvalue weighted by Gasteiger charge is -2.32. The molecule has 8 heteroatoms. The highest BCUT2D eigenvalue weighted by Crippen LogP contribution is 2.38. The van der Waals surface area contributed by atoms with Crippen molar-refractivity contribution in [2.45, 2.75) is 77.8 Å². The summed E-state index contributed by atoms with van der Waals surface area (Å²) in [5.41, 5.74) is 1.96. The van der Waals surface area contributed by atoms with Crippen LogP contribution >= 0.6 is 0 Å². The number of H-pyrrole nitrogens is 1. The number of imidazole rings is 1. The fourth-order valence-corrected chi connectivity index (χ4v) is 3.40. The van der Waals surface area contributed by atoms with E-state index in [0.717, 1.165) is 22.0 Å². The molecule has 27 heavy (non-hydrogen) atoms. The maximum atomic E-state index is 6.23. The van der Waals surface area contributed by atoms with Gasteiger partial charge in [-0.15, -0.1) is 0 Å². The SMILES string of the molecule is CC1(C)OB(c2ccc(B3OC(C)(C)C(C)(C)O3)c3[nH]cnc23)OC1(C)C. The van der Waals surface area contributed by atoms with Gasteiger partial charge in [0.05, 0.1) is 39.8 Å². The molecule has 1 aromatic heterocycles. The summed E-state index contributed by atoms with van der Waals surface area (Å²) in [5, 5.41) is 0. The smallest absolute Gasteiger partial charge is 0.399 e. The van der Waals surface area contributed by atoms with Crippen molar-refractivity contribution in [3.63, 3.8) is 0 Å². The van der Waals surface area contributed by atoms with Gasteiger partial charge < -0.3 is 23.6 Å². The van der Waals surface area contributed by atoms with Crippen LogP contribution < -0.4 is 10.9 Å². The first-order chi connectivity index (χ1) is 12.3. The second kappa shape index (κ2) is 5.60. The summed E-state index contributed by atoms with van der Waals surface area (Å²) in [7, 11) is -0.918. The van der Waals surface area contributed by atoms with Crippen molar-refractivity contribution >= 4 is 36.2 Å². The van der Waals surface area contributed by atoms with Gasteiger partial charge in [-0.25, -0.2) is 4.98 Å². The van der Waals surface area contributed by atoms with Crippen LogP contribution in [0, 0.1) is 0 Å². The third-order valence-corrected chi connectivity index (χ3v) is 6.66. The first-order valence-corrected chi connectivity index (χ1v) is 9.52. The maximum Gasteiger partial charge on any atom is 0.497 e. The number of rotatable bonds is 2. The summed E-state index contributed by atoms with van der Waals surface area (Å²) in [4.78, 5) is 7.78. The zero-order valence-corrected chi connectivity index (χ0v) is 17.5. The molecule has 0 aliphatic carbocycles. The number of nitrogens with zero attached hydrogens (tertiary/aromatic N) is 1. The molecular weight excluding hydrogens is 342 g/mol. The summed E-state index contributed by atoms with van der Waals surface area (Å²) in [6.45, 7) is 16.4. The molecule has 144 valence electrons. The number of aromatic nitrogens is 2. The Balaban J connectivity index is 1.73. The molecule has 2 aliphatic rings. The van der Waals surface area contributed by atoms with Crippen molar-refractivity contribution in [2.75, 3.05) is 0 Å². The fourth-order valence-electron chi connectivity index (χ4n) is 3.40. The van der Waals surface area contributed by atoms with Gasteiger partial charge in [0, 0.05) is 10.9 Å². The molecule has 1 aromatic carbocycles. The average Bonchev–Trinajstić information content (AvgIpc) is 3.13. The molecule has 0 unspecified atom stereocenters. The molecule has 0 bridgehead atoms. The van der Waals surface area contributed by atoms with Crippen molar-refractivity contribution in [2.24, 2.45) is 0 Å². The average molecular weight is 370 g/mol. The van der Waals surface area contributed by atoms with Gasteiger partial charge >= 0.3 is 14.2 Å². The predicted molar refractivity (Wildman–Crippen MR) is 108 cm³/mol. The molecule has 0 radical (unpaired) electrons. The van der Waals surface area contributed by atoms with Crippen molar-refractivity contribution in [3.05, 3.63) is 18.5 Å². The van der Waals surface area contributed by atoms with E-state index in [1.165, 1.54) is 0 Å². The lowest BCUT2D eigenvalue weighted by molar-refractivity contribution is 0.00578. The standard InChI is InChI=1S/C19H28B2N2O4/c1-16(2)17(3,4)25-20(24-16)12-9-10-13(15-14(12)22-11-23-15)21-26-18(5,6)19(7,8)27-21/h9-11H,1-8H3,(H,22,23). The van der Waals surface area contributed by atoms with Gasteiger partial charge in [-0.1, -0.05) is 12.1 Å². The summed E-state index contributed by atoms with van der Waals surface area (Å²) in [5.74, 6) is 0. The largest absolute Gasteiger partial charge is 0.497 e. The molecule has 2 aromatic rings. The molecule has 2 saturated heterocycles. The van der Waals surface area contributed by atoms with Crippen LogP contribution in [0.5, 0.6) is 0 Å². The van der Waals surface area contributed by atoms with Crippen molar-refractivity contribution in [3.8, 4) is 0 Å². The predicted octanol–water partition coefficient (Wildman–Crippen LogP) is 2.16. The molecule has 0 saturated carbocycles. The minimum absolute atomic E-state index is 0.394. The van der Waals surface area contributed by atoms with Crippen LogP contribution in [0.3, 0.4) is 0 Å². The number of hydrogen-bond acceptors (Lipinski definition) is 5. The van der Waals surface area contributed by atoms with E-state index < -0.39 is 36.6 Å². The summed E-state index contributed by atoms with van der Waals surface area (Å²) in [6.07, 6.45) is 1.69. The van der Waals surface area contributed by atoms with Crippen LogP contribution in [-0.2, 0) is 18.6 Å². The second-order valence-corrected chi connectivity index (χ2v) is 9.55. The highest BCUT2D eigenvalue weighted by atomic mass is 16.7. The van der Waals surface area contributed by atoms with Crippen LogP contribution in [0.2, 0.25) is 0 Å². The van der Waals surface area contributed by atoms with E-state index in [9.17, 15) is 0 Å². The molecule has 0 amide bonds. The Labute approximate surface area is 161 Å².